The van der Waals surface area contributed by atoms with Crippen LogP contribution in [0.5, 0.6) is 0 Å². The molecular weight excluding hydrogens is 154 g/mol. The highest BCUT2D eigenvalue weighted by Gasteiger charge is 2.41. The second-order valence-corrected chi connectivity index (χ2v) is 3.83. The Morgan fingerprint density at radius 1 is 1.58 bits per heavy atom. The summed E-state index contributed by atoms with van der Waals surface area (Å²) in [6.45, 7) is 3.67. The van der Waals surface area contributed by atoms with Crippen molar-refractivity contribution in [3.05, 3.63) is 0 Å². The van der Waals surface area contributed by atoms with Crippen molar-refractivity contribution in [2.24, 2.45) is 11.7 Å². The number of hydrogen-bond donors (Lipinski definition) is 2. The Kier molecular flexibility index (Phi) is 3.50. The lowest BCUT2D eigenvalue weighted by molar-refractivity contribution is -0.119. The Morgan fingerprint density at radius 3 is 2.67 bits per heavy atom. The Balaban J connectivity index is 2.18. The summed E-state index contributed by atoms with van der Waals surface area (Å²) in [6.07, 6.45) is 2.87. The summed E-state index contributed by atoms with van der Waals surface area (Å²) in [5.41, 5.74) is 5.58. The minimum Gasteiger partial charge on any atom is -0.396 e. The predicted octanol–water partition coefficient (Wildman–Crippen LogP) is 0.513. The molecule has 0 aromatic rings. The molecule has 3 heteroatoms. The van der Waals surface area contributed by atoms with Gasteiger partial charge in [-0.3, -0.25) is 0 Å². The third-order valence-electron chi connectivity index (χ3n) is 2.52. The number of aliphatic hydroxyl groups is 1. The van der Waals surface area contributed by atoms with E-state index in [2.05, 4.69) is 6.92 Å². The van der Waals surface area contributed by atoms with Crippen molar-refractivity contribution in [3.8, 4) is 0 Å². The molecule has 1 rings (SSSR count). The molecule has 0 spiro atoms. The highest BCUT2D eigenvalue weighted by molar-refractivity contribution is 4.94. The zero-order valence-corrected chi connectivity index (χ0v) is 7.75. The Bertz CT molecular complexity index is 132. The fraction of sp³-hybridized carbons (Fsp3) is 1.00. The van der Waals surface area contributed by atoms with Crippen LogP contribution in [0, 0.1) is 5.92 Å². The zero-order chi connectivity index (χ0) is 9.03. The molecule has 0 atom stereocenters. The highest BCUT2D eigenvalue weighted by Crippen LogP contribution is 2.39. The largest absolute Gasteiger partial charge is 0.396 e. The first-order valence-electron chi connectivity index (χ1n) is 4.67. The quantitative estimate of drug-likeness (QED) is 0.596. The predicted molar refractivity (Wildman–Crippen MR) is 47.8 cm³/mol. The van der Waals surface area contributed by atoms with Gasteiger partial charge in [0.2, 0.25) is 0 Å². The van der Waals surface area contributed by atoms with Crippen LogP contribution in [0.2, 0.25) is 0 Å². The molecular formula is C9H19NO2. The molecule has 1 aliphatic rings. The SMILES string of the molecule is CC1CC(CN)(OCCCO)C1. The molecule has 1 saturated carbocycles. The maximum atomic E-state index is 8.57. The molecule has 0 aliphatic heterocycles. The van der Waals surface area contributed by atoms with Gasteiger partial charge in [-0.15, -0.1) is 0 Å². The number of ether oxygens (including phenoxy) is 1. The summed E-state index contributed by atoms with van der Waals surface area (Å²) in [5, 5.41) is 8.57. The van der Waals surface area contributed by atoms with Gasteiger partial charge in [0.25, 0.3) is 0 Å². The molecule has 0 amide bonds. The van der Waals surface area contributed by atoms with E-state index in [4.69, 9.17) is 15.6 Å². The van der Waals surface area contributed by atoms with Crippen LogP contribution in [0.1, 0.15) is 26.2 Å². The minimum absolute atomic E-state index is 0.0470. The van der Waals surface area contributed by atoms with E-state index in [1.54, 1.807) is 0 Å². The summed E-state index contributed by atoms with van der Waals surface area (Å²) >= 11 is 0. The maximum absolute atomic E-state index is 8.57. The average Bonchev–Trinajstić information content (AvgIpc) is 2.01. The second kappa shape index (κ2) is 4.21. The Labute approximate surface area is 73.9 Å². The van der Waals surface area contributed by atoms with E-state index < -0.39 is 0 Å². The molecule has 0 radical (unpaired) electrons. The van der Waals surface area contributed by atoms with Crippen LogP contribution in [0.3, 0.4) is 0 Å². The molecule has 1 fully saturated rings. The third-order valence-corrected chi connectivity index (χ3v) is 2.52. The van der Waals surface area contributed by atoms with Crippen LogP contribution in [-0.2, 0) is 4.74 Å². The Hall–Kier alpha value is -0.120. The first-order valence-corrected chi connectivity index (χ1v) is 4.67. The molecule has 3 N–H and O–H groups in total. The van der Waals surface area contributed by atoms with Crippen LogP contribution >= 0.6 is 0 Å². The summed E-state index contributed by atoms with van der Waals surface area (Å²) in [5.74, 6) is 0.752. The second-order valence-electron chi connectivity index (χ2n) is 3.83. The van der Waals surface area contributed by atoms with E-state index in [1.807, 2.05) is 0 Å². The molecule has 0 aromatic heterocycles. The maximum Gasteiger partial charge on any atom is 0.0809 e. The van der Waals surface area contributed by atoms with E-state index in [-0.39, 0.29) is 12.2 Å². The van der Waals surface area contributed by atoms with Crippen molar-refractivity contribution in [2.75, 3.05) is 19.8 Å². The lowest BCUT2D eigenvalue weighted by Crippen LogP contribution is -2.51. The minimum atomic E-state index is -0.0470. The van der Waals surface area contributed by atoms with Gasteiger partial charge in [0.15, 0.2) is 0 Å². The van der Waals surface area contributed by atoms with Crippen LogP contribution in [0.15, 0.2) is 0 Å². The average molecular weight is 173 g/mol. The van der Waals surface area contributed by atoms with Gasteiger partial charge in [-0.25, -0.2) is 0 Å². The fourth-order valence-electron chi connectivity index (χ4n) is 1.91. The van der Waals surface area contributed by atoms with E-state index in [0.717, 1.165) is 25.2 Å². The molecule has 0 unspecified atom stereocenters. The normalized spacial score (nSPS) is 34.8. The van der Waals surface area contributed by atoms with Gasteiger partial charge in [0.05, 0.1) is 5.60 Å². The number of rotatable bonds is 5. The summed E-state index contributed by atoms with van der Waals surface area (Å²) in [4.78, 5) is 0. The molecule has 3 nitrogen and oxygen atoms in total. The number of nitrogens with two attached hydrogens (primary N) is 1. The molecule has 0 aromatic carbocycles. The summed E-state index contributed by atoms with van der Waals surface area (Å²) < 4.78 is 5.64. The number of aliphatic hydroxyl groups excluding tert-OH is 1. The molecule has 1 aliphatic carbocycles. The van der Waals surface area contributed by atoms with Crippen molar-refractivity contribution < 1.29 is 9.84 Å². The summed E-state index contributed by atoms with van der Waals surface area (Å²) in [7, 11) is 0. The molecule has 0 saturated heterocycles. The molecule has 0 bridgehead atoms. The monoisotopic (exact) mass is 173 g/mol. The van der Waals surface area contributed by atoms with Crippen molar-refractivity contribution in [1.82, 2.24) is 0 Å². The van der Waals surface area contributed by atoms with Gasteiger partial charge in [-0.05, 0) is 25.2 Å². The van der Waals surface area contributed by atoms with E-state index in [1.165, 1.54) is 0 Å². The molecule has 12 heavy (non-hydrogen) atoms. The van der Waals surface area contributed by atoms with Crippen LogP contribution in [0.4, 0.5) is 0 Å². The van der Waals surface area contributed by atoms with Crippen LogP contribution in [-0.4, -0.2) is 30.5 Å². The third kappa shape index (κ3) is 2.19. The topological polar surface area (TPSA) is 55.5 Å². The standard InChI is InChI=1S/C9H19NO2/c1-8-5-9(6-8,7-10)12-4-2-3-11/h8,11H,2-7,10H2,1H3. The van der Waals surface area contributed by atoms with Gasteiger partial charge in [-0.2, -0.15) is 0 Å². The molecule has 72 valence electrons. The van der Waals surface area contributed by atoms with Crippen molar-refractivity contribution in [1.29, 1.82) is 0 Å². The molecule has 0 heterocycles. The van der Waals surface area contributed by atoms with Crippen molar-refractivity contribution in [2.45, 2.75) is 31.8 Å². The van der Waals surface area contributed by atoms with Crippen molar-refractivity contribution >= 4 is 0 Å². The first-order chi connectivity index (χ1) is 5.72. The Morgan fingerprint density at radius 2 is 2.25 bits per heavy atom. The van der Waals surface area contributed by atoms with Gasteiger partial charge < -0.3 is 15.6 Å². The van der Waals surface area contributed by atoms with Crippen LogP contribution in [0.25, 0.3) is 0 Å². The van der Waals surface area contributed by atoms with Gasteiger partial charge in [0.1, 0.15) is 0 Å². The summed E-state index contributed by atoms with van der Waals surface area (Å²) in [6, 6.07) is 0. The first kappa shape index (κ1) is 9.96. The fourth-order valence-corrected chi connectivity index (χ4v) is 1.91. The van der Waals surface area contributed by atoms with Crippen molar-refractivity contribution in [3.63, 3.8) is 0 Å². The van der Waals surface area contributed by atoms with E-state index in [0.29, 0.717) is 13.2 Å². The highest BCUT2D eigenvalue weighted by atomic mass is 16.5. The lowest BCUT2D eigenvalue weighted by Gasteiger charge is -2.45. The van der Waals surface area contributed by atoms with Gasteiger partial charge >= 0.3 is 0 Å². The van der Waals surface area contributed by atoms with Gasteiger partial charge in [0, 0.05) is 19.8 Å². The van der Waals surface area contributed by atoms with E-state index in [9.17, 15) is 0 Å². The van der Waals surface area contributed by atoms with Gasteiger partial charge in [-0.1, -0.05) is 6.92 Å². The van der Waals surface area contributed by atoms with E-state index >= 15 is 0 Å². The van der Waals surface area contributed by atoms with Crippen LogP contribution < -0.4 is 5.73 Å². The lowest BCUT2D eigenvalue weighted by atomic mass is 9.72. The number of hydrogen-bond acceptors (Lipinski definition) is 3. The zero-order valence-electron chi connectivity index (χ0n) is 7.75. The smallest absolute Gasteiger partial charge is 0.0809 e.